The number of ether oxygens (including phenoxy) is 1. The number of alkyl halides is 7. The van der Waals surface area contributed by atoms with E-state index in [9.17, 15) is 30.7 Å². The molecule has 0 spiro atoms. The van der Waals surface area contributed by atoms with E-state index in [4.69, 9.17) is 0 Å². The molecule has 0 aliphatic rings. The van der Waals surface area contributed by atoms with Crippen LogP contribution in [-0.4, -0.2) is 12.5 Å². The summed E-state index contributed by atoms with van der Waals surface area (Å²) in [6.07, 6.45) is -13.2. The fourth-order valence-corrected chi connectivity index (χ4v) is 1.80. The number of rotatable bonds is 5. The topological polar surface area (TPSA) is 21.3 Å². The zero-order valence-electron chi connectivity index (χ0n) is 11.8. The minimum Gasteiger partial charge on any atom is -0.428 e. The van der Waals surface area contributed by atoms with E-state index in [-0.39, 0.29) is 11.4 Å². The Balaban J connectivity index is 2.16. The van der Waals surface area contributed by atoms with Crippen LogP contribution in [0.25, 0.3) is 0 Å². The number of benzene rings is 2. The lowest BCUT2D eigenvalue weighted by molar-refractivity contribution is -0.253. The summed E-state index contributed by atoms with van der Waals surface area (Å²) in [6, 6.07) is 8.81. The first-order valence-corrected chi connectivity index (χ1v) is 6.48. The third kappa shape index (κ3) is 4.30. The second-order valence-corrected chi connectivity index (χ2v) is 4.66. The van der Waals surface area contributed by atoms with Crippen LogP contribution in [0, 0.1) is 0 Å². The van der Waals surface area contributed by atoms with E-state index >= 15 is 0 Å². The molecule has 0 bridgehead atoms. The third-order valence-corrected chi connectivity index (χ3v) is 2.87. The highest BCUT2D eigenvalue weighted by Gasteiger charge is 2.43. The Morgan fingerprint density at radius 1 is 0.833 bits per heavy atom. The molecule has 0 saturated heterocycles. The fourth-order valence-electron chi connectivity index (χ4n) is 1.80. The van der Waals surface area contributed by atoms with Crippen molar-refractivity contribution in [2.24, 2.45) is 0 Å². The van der Waals surface area contributed by atoms with Crippen molar-refractivity contribution in [3.63, 3.8) is 0 Å². The predicted octanol–water partition coefficient (Wildman–Crippen LogP) is 5.69. The second kappa shape index (κ2) is 6.58. The normalized spacial score (nSPS) is 12.3. The molecule has 1 N–H and O–H groups in total. The van der Waals surface area contributed by atoms with Crippen molar-refractivity contribution in [3.8, 4) is 5.75 Å². The van der Waals surface area contributed by atoms with Crippen LogP contribution >= 0.6 is 0 Å². The monoisotopic (exact) mass is 353 g/mol. The molecule has 24 heavy (non-hydrogen) atoms. The van der Waals surface area contributed by atoms with Crippen molar-refractivity contribution in [1.82, 2.24) is 0 Å². The standard InChI is InChI=1S/C15H10F7NO/c16-13(17)15(21,22)24-10-7-5-9(6-8-10)23-12-4-2-1-3-11(12)14(18,19)20/h1-8,13,23H. The number of nitrogens with one attached hydrogen (secondary N) is 1. The van der Waals surface area contributed by atoms with Crippen LogP contribution in [0.15, 0.2) is 48.5 Å². The highest BCUT2D eigenvalue weighted by atomic mass is 19.4. The maximum Gasteiger partial charge on any atom is 0.461 e. The summed E-state index contributed by atoms with van der Waals surface area (Å²) in [5.74, 6) is -0.546. The zero-order valence-corrected chi connectivity index (χ0v) is 11.8. The fraction of sp³-hybridized carbons (Fsp3) is 0.200. The van der Waals surface area contributed by atoms with Crippen molar-refractivity contribution >= 4 is 11.4 Å². The molecule has 0 aromatic heterocycles. The molecular formula is C15H10F7NO. The first-order valence-electron chi connectivity index (χ1n) is 6.48. The molecular weight excluding hydrogens is 343 g/mol. The number of hydrogen-bond acceptors (Lipinski definition) is 2. The summed E-state index contributed by atoms with van der Waals surface area (Å²) in [5.41, 5.74) is -1.01. The lowest BCUT2D eigenvalue weighted by atomic mass is 10.1. The van der Waals surface area contributed by atoms with E-state index < -0.39 is 30.0 Å². The predicted molar refractivity (Wildman–Crippen MR) is 72.7 cm³/mol. The van der Waals surface area contributed by atoms with Crippen LogP contribution in [0.3, 0.4) is 0 Å². The van der Waals surface area contributed by atoms with Gasteiger partial charge in [0.2, 0.25) is 0 Å². The highest BCUT2D eigenvalue weighted by Crippen LogP contribution is 2.36. The average molecular weight is 353 g/mol. The van der Waals surface area contributed by atoms with Gasteiger partial charge in [-0.15, -0.1) is 0 Å². The van der Waals surface area contributed by atoms with Crippen LogP contribution < -0.4 is 10.1 Å². The van der Waals surface area contributed by atoms with Gasteiger partial charge in [0.15, 0.2) is 0 Å². The van der Waals surface area contributed by atoms with E-state index in [1.807, 2.05) is 0 Å². The quantitative estimate of drug-likeness (QED) is 0.698. The van der Waals surface area contributed by atoms with Gasteiger partial charge in [-0.1, -0.05) is 12.1 Å². The first-order chi connectivity index (χ1) is 11.1. The van der Waals surface area contributed by atoms with Gasteiger partial charge in [-0.2, -0.15) is 30.7 Å². The highest BCUT2D eigenvalue weighted by molar-refractivity contribution is 5.64. The molecule has 0 amide bonds. The molecule has 0 saturated carbocycles. The number of para-hydroxylation sites is 1. The van der Waals surface area contributed by atoms with E-state index in [0.29, 0.717) is 0 Å². The van der Waals surface area contributed by atoms with Gasteiger partial charge in [-0.3, -0.25) is 0 Å². The van der Waals surface area contributed by atoms with Gasteiger partial charge >= 0.3 is 18.7 Å². The summed E-state index contributed by atoms with van der Waals surface area (Å²) < 4.78 is 92.0. The van der Waals surface area contributed by atoms with Crippen molar-refractivity contribution in [3.05, 3.63) is 54.1 Å². The van der Waals surface area contributed by atoms with E-state index in [0.717, 1.165) is 30.3 Å². The molecule has 0 fully saturated rings. The third-order valence-electron chi connectivity index (χ3n) is 2.87. The summed E-state index contributed by atoms with van der Waals surface area (Å²) >= 11 is 0. The van der Waals surface area contributed by atoms with Crippen LogP contribution in [0.2, 0.25) is 0 Å². The molecule has 0 radical (unpaired) electrons. The van der Waals surface area contributed by atoms with E-state index in [2.05, 4.69) is 10.1 Å². The van der Waals surface area contributed by atoms with Gasteiger partial charge in [0, 0.05) is 5.69 Å². The second-order valence-electron chi connectivity index (χ2n) is 4.66. The number of halogens is 7. The summed E-state index contributed by atoms with van der Waals surface area (Å²) in [6.45, 7) is 0. The van der Waals surface area contributed by atoms with Gasteiger partial charge in [0.1, 0.15) is 5.75 Å². The van der Waals surface area contributed by atoms with Gasteiger partial charge in [-0.05, 0) is 36.4 Å². The molecule has 0 unspecified atom stereocenters. The van der Waals surface area contributed by atoms with Crippen LogP contribution in [0.4, 0.5) is 42.1 Å². The minimum absolute atomic E-state index is 0.138. The Labute approximate surface area is 131 Å². The Bertz CT molecular complexity index is 683. The Morgan fingerprint density at radius 3 is 1.96 bits per heavy atom. The Morgan fingerprint density at radius 2 is 1.42 bits per heavy atom. The zero-order chi connectivity index (χ0) is 18.0. The molecule has 0 aliphatic carbocycles. The lowest BCUT2D eigenvalue weighted by Gasteiger charge is -2.17. The van der Waals surface area contributed by atoms with Crippen LogP contribution in [-0.2, 0) is 6.18 Å². The SMILES string of the molecule is FC(F)C(F)(F)Oc1ccc(Nc2ccccc2C(F)(F)F)cc1. The van der Waals surface area contributed by atoms with Crippen LogP contribution in [0.5, 0.6) is 5.75 Å². The molecule has 0 atom stereocenters. The molecule has 2 rings (SSSR count). The first kappa shape index (κ1) is 17.9. The van der Waals surface area contributed by atoms with E-state index in [1.165, 1.54) is 18.2 Å². The molecule has 2 aromatic carbocycles. The maximum absolute atomic E-state index is 12.9. The van der Waals surface area contributed by atoms with Crippen LogP contribution in [0.1, 0.15) is 5.56 Å². The Kier molecular flexibility index (Phi) is 4.91. The minimum atomic E-state index is -4.65. The lowest BCUT2D eigenvalue weighted by Crippen LogP contribution is -2.33. The summed E-state index contributed by atoms with van der Waals surface area (Å²) in [4.78, 5) is 0. The van der Waals surface area contributed by atoms with Gasteiger partial charge in [0.25, 0.3) is 0 Å². The maximum atomic E-state index is 12.9. The largest absolute Gasteiger partial charge is 0.461 e. The van der Waals surface area contributed by atoms with E-state index in [1.54, 1.807) is 0 Å². The smallest absolute Gasteiger partial charge is 0.428 e. The number of hydrogen-bond donors (Lipinski definition) is 1. The van der Waals surface area contributed by atoms with Gasteiger partial charge in [0.05, 0.1) is 11.3 Å². The average Bonchev–Trinajstić information content (AvgIpc) is 2.48. The van der Waals surface area contributed by atoms with Crippen molar-refractivity contribution in [2.75, 3.05) is 5.32 Å². The van der Waals surface area contributed by atoms with Gasteiger partial charge < -0.3 is 10.1 Å². The summed E-state index contributed by atoms with van der Waals surface area (Å²) in [5, 5.41) is 2.48. The molecule has 2 aromatic rings. The molecule has 2 nitrogen and oxygen atoms in total. The number of anilines is 2. The Hall–Kier alpha value is -2.45. The van der Waals surface area contributed by atoms with Gasteiger partial charge in [-0.25, -0.2) is 0 Å². The molecule has 0 heterocycles. The molecule has 9 heteroatoms. The van der Waals surface area contributed by atoms with Crippen molar-refractivity contribution in [2.45, 2.75) is 18.7 Å². The summed E-state index contributed by atoms with van der Waals surface area (Å²) in [7, 11) is 0. The van der Waals surface area contributed by atoms with Crippen molar-refractivity contribution in [1.29, 1.82) is 0 Å². The van der Waals surface area contributed by atoms with Crippen molar-refractivity contribution < 1.29 is 35.5 Å². The molecule has 130 valence electrons. The molecule has 0 aliphatic heterocycles.